The largest absolute Gasteiger partial charge is 0.356 e. The molecule has 17 heavy (non-hydrogen) atoms. The fraction of sp³-hybridized carbons (Fsp3) is 0.308. The number of pyridine rings is 1. The predicted molar refractivity (Wildman–Crippen MR) is 68.2 cm³/mol. The highest BCUT2D eigenvalue weighted by atomic mass is 35.5. The van der Waals surface area contributed by atoms with E-state index in [1.54, 1.807) is 0 Å². The summed E-state index contributed by atoms with van der Waals surface area (Å²) in [7, 11) is 0. The molecule has 1 N–H and O–H groups in total. The summed E-state index contributed by atoms with van der Waals surface area (Å²) in [6.07, 6.45) is 0. The van der Waals surface area contributed by atoms with E-state index < -0.39 is 5.82 Å². The summed E-state index contributed by atoms with van der Waals surface area (Å²) in [6, 6.07) is 4.08. The Hall–Kier alpha value is -1.35. The quantitative estimate of drug-likeness (QED) is 0.764. The van der Waals surface area contributed by atoms with Gasteiger partial charge < -0.3 is 4.98 Å². The maximum Gasteiger partial charge on any atom is 0.192 e. The average Bonchev–Trinajstić information content (AvgIpc) is 2.21. The van der Waals surface area contributed by atoms with Crippen molar-refractivity contribution in [3.8, 4) is 0 Å². The Morgan fingerprint density at radius 1 is 1.29 bits per heavy atom. The van der Waals surface area contributed by atoms with Crippen molar-refractivity contribution in [1.82, 2.24) is 4.98 Å². The first kappa shape index (κ1) is 12.1. The lowest BCUT2D eigenvalue weighted by Gasteiger charge is -2.19. The first-order chi connectivity index (χ1) is 7.80. The van der Waals surface area contributed by atoms with Crippen LogP contribution in [-0.2, 0) is 5.41 Å². The van der Waals surface area contributed by atoms with Crippen molar-refractivity contribution < 1.29 is 4.39 Å². The van der Waals surface area contributed by atoms with E-state index >= 15 is 0 Å². The number of rotatable bonds is 0. The van der Waals surface area contributed by atoms with Gasteiger partial charge in [-0.2, -0.15) is 0 Å². The lowest BCUT2D eigenvalue weighted by atomic mass is 9.91. The molecule has 1 heterocycles. The van der Waals surface area contributed by atoms with E-state index in [-0.39, 0.29) is 16.2 Å². The third-order valence-corrected chi connectivity index (χ3v) is 3.01. The molecule has 0 radical (unpaired) electrons. The van der Waals surface area contributed by atoms with Gasteiger partial charge in [-0.3, -0.25) is 4.79 Å². The van der Waals surface area contributed by atoms with E-state index in [1.165, 1.54) is 18.2 Å². The number of hydrogen-bond donors (Lipinski definition) is 1. The van der Waals surface area contributed by atoms with Gasteiger partial charge in [0.1, 0.15) is 5.82 Å². The molecule has 0 amide bonds. The number of aromatic nitrogens is 1. The number of hydrogen-bond acceptors (Lipinski definition) is 1. The van der Waals surface area contributed by atoms with Crippen LogP contribution < -0.4 is 5.43 Å². The molecule has 90 valence electrons. The molecule has 0 fully saturated rings. The van der Waals surface area contributed by atoms with Crippen LogP contribution >= 0.6 is 11.6 Å². The van der Waals surface area contributed by atoms with Crippen LogP contribution in [0.1, 0.15) is 26.5 Å². The van der Waals surface area contributed by atoms with E-state index in [9.17, 15) is 9.18 Å². The minimum atomic E-state index is -0.550. The van der Waals surface area contributed by atoms with Gasteiger partial charge >= 0.3 is 0 Å². The third kappa shape index (κ3) is 2.07. The summed E-state index contributed by atoms with van der Waals surface area (Å²) in [6.45, 7) is 5.91. The van der Waals surface area contributed by atoms with Crippen LogP contribution in [0.25, 0.3) is 10.9 Å². The monoisotopic (exact) mass is 253 g/mol. The van der Waals surface area contributed by atoms with Crippen LogP contribution in [-0.4, -0.2) is 4.98 Å². The molecule has 0 aliphatic carbocycles. The summed E-state index contributed by atoms with van der Waals surface area (Å²) >= 11 is 5.99. The highest BCUT2D eigenvalue weighted by molar-refractivity contribution is 6.35. The van der Waals surface area contributed by atoms with Crippen LogP contribution in [0.3, 0.4) is 0 Å². The van der Waals surface area contributed by atoms with Crippen molar-refractivity contribution in [2.75, 3.05) is 0 Å². The zero-order valence-corrected chi connectivity index (χ0v) is 10.7. The second-order valence-corrected chi connectivity index (χ2v) is 5.48. The molecule has 0 unspecified atom stereocenters. The maximum absolute atomic E-state index is 13.6. The van der Waals surface area contributed by atoms with Gasteiger partial charge in [0.15, 0.2) is 5.43 Å². The van der Waals surface area contributed by atoms with Crippen molar-refractivity contribution >= 4 is 22.5 Å². The number of H-pyrrole nitrogens is 1. The van der Waals surface area contributed by atoms with E-state index in [4.69, 9.17) is 11.6 Å². The molecule has 0 atom stereocenters. The van der Waals surface area contributed by atoms with Gasteiger partial charge in [0.05, 0.1) is 15.9 Å². The maximum atomic E-state index is 13.6. The third-order valence-electron chi connectivity index (χ3n) is 2.69. The molecular weight excluding hydrogens is 241 g/mol. The number of halogens is 2. The molecule has 2 aromatic rings. The lowest BCUT2D eigenvalue weighted by Crippen LogP contribution is -2.18. The fourth-order valence-corrected chi connectivity index (χ4v) is 1.90. The minimum absolute atomic E-state index is 0.0190. The van der Waals surface area contributed by atoms with Gasteiger partial charge in [0, 0.05) is 17.2 Å². The first-order valence-electron chi connectivity index (χ1n) is 5.32. The van der Waals surface area contributed by atoms with Crippen LogP contribution in [0.15, 0.2) is 23.0 Å². The summed E-state index contributed by atoms with van der Waals surface area (Å²) in [5, 5.41) is 0.370. The Kier molecular flexibility index (Phi) is 2.74. The summed E-state index contributed by atoms with van der Waals surface area (Å²) in [5.41, 5.74) is 0.540. The molecule has 4 heteroatoms. The highest BCUT2D eigenvalue weighted by Gasteiger charge is 2.18. The first-order valence-corrected chi connectivity index (χ1v) is 5.70. The summed E-state index contributed by atoms with van der Waals surface area (Å²) in [5.74, 6) is -0.550. The molecule has 2 nitrogen and oxygen atoms in total. The second-order valence-electron chi connectivity index (χ2n) is 5.08. The van der Waals surface area contributed by atoms with Crippen LogP contribution in [0.5, 0.6) is 0 Å². The minimum Gasteiger partial charge on any atom is -0.356 e. The van der Waals surface area contributed by atoms with E-state index in [2.05, 4.69) is 4.98 Å². The smallest absolute Gasteiger partial charge is 0.192 e. The molecule has 1 aromatic carbocycles. The molecule has 0 spiro atoms. The predicted octanol–water partition coefficient (Wildman–Crippen LogP) is 3.62. The Labute approximate surface area is 103 Å². The van der Waals surface area contributed by atoms with Crippen LogP contribution in [0.4, 0.5) is 4.39 Å². The molecular formula is C13H13ClFNO. The fourth-order valence-electron chi connectivity index (χ4n) is 1.69. The molecule has 0 bridgehead atoms. The van der Waals surface area contributed by atoms with Gasteiger partial charge in [-0.25, -0.2) is 4.39 Å². The van der Waals surface area contributed by atoms with E-state index in [0.29, 0.717) is 10.5 Å². The number of nitrogens with one attached hydrogen (secondary N) is 1. The second kappa shape index (κ2) is 3.84. The Bertz CT molecular complexity index is 640. The number of aromatic amines is 1. The summed E-state index contributed by atoms with van der Waals surface area (Å²) in [4.78, 5) is 14.9. The van der Waals surface area contributed by atoms with Crippen molar-refractivity contribution in [3.63, 3.8) is 0 Å². The van der Waals surface area contributed by atoms with Crippen molar-refractivity contribution in [3.05, 3.63) is 45.0 Å². The zero-order valence-electron chi connectivity index (χ0n) is 9.90. The molecule has 0 saturated carbocycles. The van der Waals surface area contributed by atoms with Gasteiger partial charge in [-0.15, -0.1) is 0 Å². The van der Waals surface area contributed by atoms with Gasteiger partial charge in [-0.05, 0) is 12.1 Å². The van der Waals surface area contributed by atoms with Gasteiger partial charge in [0.2, 0.25) is 0 Å². The molecule has 1 aromatic heterocycles. The van der Waals surface area contributed by atoms with Crippen molar-refractivity contribution in [2.24, 2.45) is 0 Å². The Balaban J connectivity index is 2.92. The van der Waals surface area contributed by atoms with E-state index in [0.717, 1.165) is 5.69 Å². The van der Waals surface area contributed by atoms with Crippen molar-refractivity contribution in [1.29, 1.82) is 0 Å². The Morgan fingerprint density at radius 3 is 2.53 bits per heavy atom. The number of fused-ring (bicyclic) bond motifs is 1. The molecule has 0 aliphatic rings. The zero-order chi connectivity index (χ0) is 12.8. The molecule has 0 saturated heterocycles. The highest BCUT2D eigenvalue weighted by Crippen LogP contribution is 2.25. The van der Waals surface area contributed by atoms with Gasteiger partial charge in [0.25, 0.3) is 0 Å². The van der Waals surface area contributed by atoms with E-state index in [1.807, 2.05) is 20.8 Å². The van der Waals surface area contributed by atoms with Crippen LogP contribution in [0, 0.1) is 5.82 Å². The molecule has 0 aliphatic heterocycles. The van der Waals surface area contributed by atoms with Crippen LogP contribution in [0.2, 0.25) is 5.02 Å². The van der Waals surface area contributed by atoms with Gasteiger partial charge in [-0.1, -0.05) is 32.4 Å². The average molecular weight is 254 g/mol. The Morgan fingerprint density at radius 2 is 1.94 bits per heavy atom. The lowest BCUT2D eigenvalue weighted by molar-refractivity contribution is 0.570. The summed E-state index contributed by atoms with van der Waals surface area (Å²) < 4.78 is 13.6. The normalized spacial score (nSPS) is 12.1. The topological polar surface area (TPSA) is 32.9 Å². The van der Waals surface area contributed by atoms with Crippen molar-refractivity contribution in [2.45, 2.75) is 26.2 Å². The molecule has 2 rings (SSSR count). The standard InChI is InChI=1S/C13H13ClFNO/c1-13(2,3)10-6-9(17)11-8(15)5-4-7(14)12(11)16-10/h4-6H,1-3H3,(H,16,17). The number of benzene rings is 1. The SMILES string of the molecule is CC(C)(C)c1cc(=O)c2c(F)ccc(Cl)c2[nH]1.